The number of hydrogen-bond donors (Lipinski definition) is 1. The van der Waals surface area contributed by atoms with E-state index in [9.17, 15) is 13.2 Å². The Balaban J connectivity index is 1.63. The topological polar surface area (TPSA) is 90.8 Å². The first-order valence-electron chi connectivity index (χ1n) is 8.82. The molecule has 2 aromatic heterocycles. The summed E-state index contributed by atoms with van der Waals surface area (Å²) in [5.41, 5.74) is 0.753. The van der Waals surface area contributed by atoms with Crippen LogP contribution in [0.1, 0.15) is 5.56 Å². The quantitative estimate of drug-likeness (QED) is 0.702. The van der Waals surface area contributed by atoms with E-state index in [1.165, 1.54) is 16.2 Å². The van der Waals surface area contributed by atoms with Gasteiger partial charge in [-0.2, -0.15) is 0 Å². The highest BCUT2D eigenvalue weighted by atomic mass is 32.2. The van der Waals surface area contributed by atoms with Gasteiger partial charge in [0.1, 0.15) is 10.0 Å². The molecule has 9 heteroatoms. The summed E-state index contributed by atoms with van der Waals surface area (Å²) in [6, 6.07) is 12.6. The Morgan fingerprint density at radius 2 is 1.82 bits per heavy atom. The third kappa shape index (κ3) is 3.67. The second kappa shape index (κ2) is 7.40. The summed E-state index contributed by atoms with van der Waals surface area (Å²) >= 11 is 1.25. The highest BCUT2D eigenvalue weighted by molar-refractivity contribution is 7.92. The van der Waals surface area contributed by atoms with Gasteiger partial charge in [-0.25, -0.2) is 18.2 Å². The Morgan fingerprint density at radius 3 is 2.50 bits per heavy atom. The van der Waals surface area contributed by atoms with E-state index < -0.39 is 15.9 Å². The van der Waals surface area contributed by atoms with Crippen molar-refractivity contribution in [2.24, 2.45) is 0 Å². The smallest absolute Gasteiger partial charge is 0.407 e. The number of thiophene rings is 1. The molecule has 1 aliphatic rings. The van der Waals surface area contributed by atoms with Crippen LogP contribution in [0.4, 0.5) is 10.6 Å². The molecular weight excluding hydrogens is 398 g/mol. The second-order valence-corrected chi connectivity index (χ2v) is 9.91. The van der Waals surface area contributed by atoms with Gasteiger partial charge in [0.15, 0.2) is 9.84 Å². The lowest BCUT2D eigenvalue weighted by Crippen LogP contribution is -2.48. The lowest BCUT2D eigenvalue weighted by Gasteiger charge is -2.34. The van der Waals surface area contributed by atoms with Gasteiger partial charge in [-0.1, -0.05) is 30.3 Å². The SMILES string of the molecule is O=C(O)N1CCN(c2nccc3sc(S(=O)(=O)Cc4ccccc4)cc23)CC1. The molecule has 0 radical (unpaired) electrons. The van der Waals surface area contributed by atoms with Gasteiger partial charge in [0, 0.05) is 42.5 Å². The summed E-state index contributed by atoms with van der Waals surface area (Å²) in [5.74, 6) is 0.667. The van der Waals surface area contributed by atoms with Crippen molar-refractivity contribution in [3.8, 4) is 0 Å². The van der Waals surface area contributed by atoms with Gasteiger partial charge in [-0.15, -0.1) is 11.3 Å². The molecule has 1 N–H and O–H groups in total. The number of nitrogens with zero attached hydrogens (tertiary/aromatic N) is 3. The average molecular weight is 418 g/mol. The predicted octanol–water partition coefficient (Wildman–Crippen LogP) is 3.07. The number of hydrogen-bond acceptors (Lipinski definition) is 6. The van der Waals surface area contributed by atoms with Gasteiger partial charge in [0.05, 0.1) is 5.75 Å². The number of carbonyl (C=O) groups is 1. The molecule has 1 saturated heterocycles. The Morgan fingerprint density at radius 1 is 1.11 bits per heavy atom. The van der Waals surface area contributed by atoms with Crippen LogP contribution in [0.2, 0.25) is 0 Å². The predicted molar refractivity (Wildman–Crippen MR) is 109 cm³/mol. The molecule has 1 aliphatic heterocycles. The number of pyridine rings is 1. The molecule has 0 saturated carbocycles. The fourth-order valence-corrected chi connectivity index (χ4v) is 6.11. The van der Waals surface area contributed by atoms with Gasteiger partial charge in [0.2, 0.25) is 0 Å². The number of amides is 1. The van der Waals surface area contributed by atoms with Gasteiger partial charge in [-0.3, -0.25) is 0 Å². The molecule has 4 rings (SSSR count). The monoisotopic (exact) mass is 417 g/mol. The number of benzene rings is 1. The summed E-state index contributed by atoms with van der Waals surface area (Å²) in [5, 5.41) is 9.90. The Bertz CT molecular complexity index is 1100. The van der Waals surface area contributed by atoms with E-state index >= 15 is 0 Å². The van der Waals surface area contributed by atoms with Crippen molar-refractivity contribution in [2.45, 2.75) is 9.96 Å². The molecule has 1 fully saturated rings. The molecule has 0 aliphatic carbocycles. The molecule has 1 aromatic carbocycles. The summed E-state index contributed by atoms with van der Waals surface area (Å²) < 4.78 is 26.9. The summed E-state index contributed by atoms with van der Waals surface area (Å²) in [6.07, 6.45) is 0.751. The van der Waals surface area contributed by atoms with Crippen LogP contribution in [0.25, 0.3) is 10.1 Å². The van der Waals surface area contributed by atoms with Crippen molar-refractivity contribution in [2.75, 3.05) is 31.1 Å². The van der Waals surface area contributed by atoms with Crippen molar-refractivity contribution in [3.05, 3.63) is 54.2 Å². The van der Waals surface area contributed by atoms with Crippen molar-refractivity contribution >= 4 is 43.2 Å². The molecule has 0 atom stereocenters. The van der Waals surface area contributed by atoms with Gasteiger partial charge in [0.25, 0.3) is 0 Å². The summed E-state index contributed by atoms with van der Waals surface area (Å²) in [7, 11) is -3.46. The molecule has 0 spiro atoms. The van der Waals surface area contributed by atoms with E-state index in [0.29, 0.717) is 36.2 Å². The zero-order chi connectivity index (χ0) is 19.7. The van der Waals surface area contributed by atoms with Crippen LogP contribution >= 0.6 is 11.3 Å². The average Bonchev–Trinajstić information content (AvgIpc) is 3.14. The molecule has 1 amide bonds. The normalized spacial score (nSPS) is 15.1. The molecular formula is C19H19N3O4S2. The van der Waals surface area contributed by atoms with Crippen molar-refractivity contribution < 1.29 is 18.3 Å². The minimum atomic E-state index is -3.46. The van der Waals surface area contributed by atoms with Crippen molar-refractivity contribution in [3.63, 3.8) is 0 Å². The zero-order valence-electron chi connectivity index (χ0n) is 15.0. The van der Waals surface area contributed by atoms with Crippen LogP contribution in [0.15, 0.2) is 52.9 Å². The molecule has 3 heterocycles. The first kappa shape index (κ1) is 18.7. The van der Waals surface area contributed by atoms with Crippen molar-refractivity contribution in [1.29, 1.82) is 0 Å². The van der Waals surface area contributed by atoms with Crippen LogP contribution in [0.3, 0.4) is 0 Å². The second-order valence-electron chi connectivity index (χ2n) is 6.61. The van der Waals surface area contributed by atoms with Gasteiger partial charge >= 0.3 is 6.09 Å². The fraction of sp³-hybridized carbons (Fsp3) is 0.263. The standard InChI is InChI=1S/C19H19N3O4S2/c23-19(24)22-10-8-21(9-11-22)18-15-12-17(27-16(15)6-7-20-18)28(25,26)13-14-4-2-1-3-5-14/h1-7,12H,8-11,13H2,(H,23,24). The first-order valence-corrected chi connectivity index (χ1v) is 11.3. The van der Waals surface area contributed by atoms with Crippen LogP contribution in [0.5, 0.6) is 0 Å². The minimum absolute atomic E-state index is 0.0410. The molecule has 28 heavy (non-hydrogen) atoms. The number of aromatic nitrogens is 1. The largest absolute Gasteiger partial charge is 0.465 e. The van der Waals surface area contributed by atoms with E-state index in [1.807, 2.05) is 29.2 Å². The maximum atomic E-state index is 12.9. The Kier molecular flexibility index (Phi) is 4.94. The fourth-order valence-electron chi connectivity index (χ4n) is 3.31. The van der Waals surface area contributed by atoms with Crippen LogP contribution in [0, 0.1) is 0 Å². The third-order valence-electron chi connectivity index (χ3n) is 4.76. The number of piperazine rings is 1. The molecule has 0 unspecified atom stereocenters. The molecule has 7 nitrogen and oxygen atoms in total. The minimum Gasteiger partial charge on any atom is -0.465 e. The third-order valence-corrected chi connectivity index (χ3v) is 8.11. The van der Waals surface area contributed by atoms with E-state index in [4.69, 9.17) is 5.11 Å². The molecule has 0 bridgehead atoms. The summed E-state index contributed by atoms with van der Waals surface area (Å²) in [6.45, 7) is 1.86. The van der Waals surface area contributed by atoms with Gasteiger partial charge < -0.3 is 14.9 Å². The highest BCUT2D eigenvalue weighted by Crippen LogP contribution is 2.35. The van der Waals surface area contributed by atoms with E-state index in [2.05, 4.69) is 4.98 Å². The lowest BCUT2D eigenvalue weighted by molar-refractivity contribution is 0.142. The van der Waals surface area contributed by atoms with Crippen LogP contribution in [-0.2, 0) is 15.6 Å². The molecule has 3 aromatic rings. The molecule has 146 valence electrons. The lowest BCUT2D eigenvalue weighted by atomic mass is 10.2. The van der Waals surface area contributed by atoms with Crippen LogP contribution in [-0.4, -0.2) is 55.7 Å². The number of carboxylic acid groups (broad SMARTS) is 1. The Labute approximate surface area is 166 Å². The maximum Gasteiger partial charge on any atom is 0.407 e. The first-order chi connectivity index (χ1) is 13.4. The number of fused-ring (bicyclic) bond motifs is 1. The highest BCUT2D eigenvalue weighted by Gasteiger charge is 2.25. The zero-order valence-corrected chi connectivity index (χ0v) is 16.6. The summed E-state index contributed by atoms with van der Waals surface area (Å²) in [4.78, 5) is 18.9. The number of rotatable bonds is 4. The Hall–Kier alpha value is -2.65. The van der Waals surface area contributed by atoms with E-state index in [-0.39, 0.29) is 5.75 Å². The maximum absolute atomic E-state index is 12.9. The van der Waals surface area contributed by atoms with Gasteiger partial charge in [-0.05, 0) is 17.7 Å². The van der Waals surface area contributed by atoms with E-state index in [1.54, 1.807) is 24.4 Å². The number of anilines is 1. The number of sulfone groups is 1. The van der Waals surface area contributed by atoms with E-state index in [0.717, 1.165) is 15.6 Å². The van der Waals surface area contributed by atoms with Crippen molar-refractivity contribution in [1.82, 2.24) is 9.88 Å². The van der Waals surface area contributed by atoms with Crippen LogP contribution < -0.4 is 4.90 Å².